The van der Waals surface area contributed by atoms with Gasteiger partial charge in [-0.1, -0.05) is 6.07 Å². The van der Waals surface area contributed by atoms with Crippen LogP contribution in [-0.4, -0.2) is 73.6 Å². The Morgan fingerprint density at radius 2 is 2.04 bits per heavy atom. The molecule has 26 heavy (non-hydrogen) atoms. The van der Waals surface area contributed by atoms with E-state index in [2.05, 4.69) is 4.90 Å². The fourth-order valence-electron chi connectivity index (χ4n) is 4.18. The molecule has 2 fully saturated rings. The highest BCUT2D eigenvalue weighted by atomic mass is 16.3. The summed E-state index contributed by atoms with van der Waals surface area (Å²) in [6.07, 6.45) is 2.39. The Hall–Kier alpha value is -1.92. The van der Waals surface area contributed by atoms with Crippen LogP contribution in [0.1, 0.15) is 29.6 Å². The Bertz CT molecular complexity index is 661. The molecule has 2 amide bonds. The minimum atomic E-state index is -0.0135. The van der Waals surface area contributed by atoms with E-state index < -0.39 is 0 Å². The summed E-state index contributed by atoms with van der Waals surface area (Å²) in [6.45, 7) is 3.03. The van der Waals surface area contributed by atoms with Gasteiger partial charge in [-0.25, -0.2) is 0 Å². The standard InChI is InChI=1S/C20H29N3O3/c1-21(2)11-15-9-16(14-24)13-22(12-15)20(26)17-5-3-6-18(10-17)23-8-4-7-19(23)25/h3,5-6,10,15-16,24H,4,7-9,11-14H2,1-2H3/t15-,16+/m0/s1. The van der Waals surface area contributed by atoms with Gasteiger partial charge in [-0.2, -0.15) is 0 Å². The van der Waals surface area contributed by atoms with Gasteiger partial charge in [0, 0.05) is 50.5 Å². The van der Waals surface area contributed by atoms with Crippen LogP contribution < -0.4 is 4.90 Å². The number of carbonyl (C=O) groups excluding carboxylic acids is 2. The van der Waals surface area contributed by atoms with Gasteiger partial charge in [0.15, 0.2) is 0 Å². The Morgan fingerprint density at radius 3 is 2.69 bits per heavy atom. The number of hydrogen-bond donors (Lipinski definition) is 1. The normalized spacial score (nSPS) is 23.8. The Labute approximate surface area is 155 Å². The smallest absolute Gasteiger partial charge is 0.253 e. The number of anilines is 1. The zero-order valence-corrected chi connectivity index (χ0v) is 15.7. The third-order valence-corrected chi connectivity index (χ3v) is 5.27. The molecule has 2 aliphatic heterocycles. The fraction of sp³-hybridized carbons (Fsp3) is 0.600. The van der Waals surface area contributed by atoms with Gasteiger partial charge in [0.05, 0.1) is 0 Å². The molecule has 0 aromatic heterocycles. The number of carbonyl (C=O) groups is 2. The first-order valence-corrected chi connectivity index (χ1v) is 9.43. The maximum absolute atomic E-state index is 13.1. The van der Waals surface area contributed by atoms with Crippen molar-refractivity contribution in [3.63, 3.8) is 0 Å². The van der Waals surface area contributed by atoms with E-state index in [0.717, 1.165) is 31.6 Å². The summed E-state index contributed by atoms with van der Waals surface area (Å²) in [5.41, 5.74) is 1.42. The van der Waals surface area contributed by atoms with Gasteiger partial charge < -0.3 is 19.8 Å². The maximum atomic E-state index is 13.1. The number of nitrogens with zero attached hydrogens (tertiary/aromatic N) is 3. The zero-order chi connectivity index (χ0) is 18.7. The molecule has 0 radical (unpaired) electrons. The molecular formula is C20H29N3O3. The molecule has 0 unspecified atom stereocenters. The summed E-state index contributed by atoms with van der Waals surface area (Å²) >= 11 is 0. The fourth-order valence-corrected chi connectivity index (χ4v) is 4.18. The number of rotatable bonds is 5. The molecule has 0 spiro atoms. The van der Waals surface area contributed by atoms with Crippen molar-refractivity contribution in [2.24, 2.45) is 11.8 Å². The van der Waals surface area contributed by atoms with Gasteiger partial charge >= 0.3 is 0 Å². The minimum Gasteiger partial charge on any atom is -0.396 e. The van der Waals surface area contributed by atoms with Crippen LogP contribution in [0.4, 0.5) is 5.69 Å². The lowest BCUT2D eigenvalue weighted by Gasteiger charge is -2.38. The Morgan fingerprint density at radius 1 is 1.27 bits per heavy atom. The van der Waals surface area contributed by atoms with E-state index in [-0.39, 0.29) is 24.3 Å². The van der Waals surface area contributed by atoms with Gasteiger partial charge in [0.2, 0.25) is 5.91 Å². The van der Waals surface area contributed by atoms with Crippen LogP contribution in [0.2, 0.25) is 0 Å². The second-order valence-electron chi connectivity index (χ2n) is 7.82. The van der Waals surface area contributed by atoms with Crippen molar-refractivity contribution in [3.8, 4) is 0 Å². The van der Waals surface area contributed by atoms with Gasteiger partial charge in [-0.15, -0.1) is 0 Å². The first-order valence-electron chi connectivity index (χ1n) is 9.43. The topological polar surface area (TPSA) is 64.1 Å². The molecular weight excluding hydrogens is 330 g/mol. The first kappa shape index (κ1) is 18.9. The van der Waals surface area contributed by atoms with Crippen LogP contribution in [0.15, 0.2) is 24.3 Å². The van der Waals surface area contributed by atoms with Crippen LogP contribution in [0.5, 0.6) is 0 Å². The number of benzene rings is 1. The summed E-state index contributed by atoms with van der Waals surface area (Å²) in [4.78, 5) is 30.8. The molecule has 3 rings (SSSR count). The van der Waals surface area contributed by atoms with Crippen LogP contribution in [0.3, 0.4) is 0 Å². The Kier molecular flexibility index (Phi) is 5.94. The van der Waals surface area contributed by atoms with E-state index in [4.69, 9.17) is 0 Å². The van der Waals surface area contributed by atoms with Crippen molar-refractivity contribution in [1.82, 2.24) is 9.80 Å². The van der Waals surface area contributed by atoms with Crippen molar-refractivity contribution in [3.05, 3.63) is 29.8 Å². The van der Waals surface area contributed by atoms with Gasteiger partial charge in [-0.05, 0) is 57.0 Å². The molecule has 0 saturated carbocycles. The number of aliphatic hydroxyl groups excluding tert-OH is 1. The summed E-state index contributed by atoms with van der Waals surface area (Å²) in [5, 5.41) is 9.63. The highest BCUT2D eigenvalue weighted by Crippen LogP contribution is 2.26. The van der Waals surface area contributed by atoms with Crippen LogP contribution in [0.25, 0.3) is 0 Å². The summed E-state index contributed by atoms with van der Waals surface area (Å²) in [7, 11) is 4.07. The molecule has 0 aliphatic carbocycles. The zero-order valence-electron chi connectivity index (χ0n) is 15.7. The van der Waals surface area contributed by atoms with Crippen molar-refractivity contribution < 1.29 is 14.7 Å². The van der Waals surface area contributed by atoms with E-state index in [1.54, 1.807) is 4.90 Å². The van der Waals surface area contributed by atoms with E-state index in [1.807, 2.05) is 43.3 Å². The van der Waals surface area contributed by atoms with E-state index in [0.29, 0.717) is 31.0 Å². The third kappa shape index (κ3) is 4.24. The first-order chi connectivity index (χ1) is 12.5. The quantitative estimate of drug-likeness (QED) is 0.864. The second-order valence-corrected chi connectivity index (χ2v) is 7.82. The number of hydrogen-bond acceptors (Lipinski definition) is 4. The minimum absolute atomic E-state index is 0.0135. The molecule has 142 valence electrons. The molecule has 2 atom stereocenters. The summed E-state index contributed by atoms with van der Waals surface area (Å²) < 4.78 is 0. The van der Waals surface area contributed by atoms with Crippen LogP contribution >= 0.6 is 0 Å². The lowest BCUT2D eigenvalue weighted by molar-refractivity contribution is -0.117. The molecule has 1 aromatic carbocycles. The molecule has 6 nitrogen and oxygen atoms in total. The number of amides is 2. The molecule has 1 N–H and O–H groups in total. The van der Waals surface area contributed by atoms with Crippen molar-refractivity contribution >= 4 is 17.5 Å². The summed E-state index contributed by atoms with van der Waals surface area (Å²) in [5.74, 6) is 0.601. The number of aliphatic hydroxyl groups is 1. The van der Waals surface area contributed by atoms with E-state index >= 15 is 0 Å². The largest absolute Gasteiger partial charge is 0.396 e. The number of likely N-dealkylation sites (tertiary alicyclic amines) is 1. The highest BCUT2D eigenvalue weighted by molar-refractivity contribution is 5.99. The monoisotopic (exact) mass is 359 g/mol. The van der Waals surface area contributed by atoms with Crippen molar-refractivity contribution in [2.45, 2.75) is 19.3 Å². The molecule has 2 heterocycles. The average Bonchev–Trinajstić information content (AvgIpc) is 3.06. The third-order valence-electron chi connectivity index (χ3n) is 5.27. The van der Waals surface area contributed by atoms with E-state index in [1.165, 1.54) is 0 Å². The lowest BCUT2D eigenvalue weighted by atomic mass is 9.89. The van der Waals surface area contributed by atoms with E-state index in [9.17, 15) is 14.7 Å². The molecule has 2 aliphatic rings. The predicted molar refractivity (Wildman–Crippen MR) is 101 cm³/mol. The highest BCUT2D eigenvalue weighted by Gasteiger charge is 2.31. The van der Waals surface area contributed by atoms with Crippen LogP contribution in [0, 0.1) is 11.8 Å². The number of piperidine rings is 1. The maximum Gasteiger partial charge on any atom is 0.253 e. The van der Waals surface area contributed by atoms with Gasteiger partial charge in [-0.3, -0.25) is 9.59 Å². The molecule has 2 saturated heterocycles. The van der Waals surface area contributed by atoms with Gasteiger partial charge in [0.25, 0.3) is 5.91 Å². The molecule has 0 bridgehead atoms. The van der Waals surface area contributed by atoms with Crippen molar-refractivity contribution in [1.29, 1.82) is 0 Å². The lowest BCUT2D eigenvalue weighted by Crippen LogP contribution is -2.47. The van der Waals surface area contributed by atoms with Gasteiger partial charge in [0.1, 0.15) is 0 Å². The average molecular weight is 359 g/mol. The molecule has 6 heteroatoms. The summed E-state index contributed by atoms with van der Waals surface area (Å²) in [6, 6.07) is 7.38. The SMILES string of the molecule is CN(C)C[C@@H]1C[C@@H](CO)CN(C(=O)c2cccc(N3CCCC3=O)c2)C1. The predicted octanol–water partition coefficient (Wildman–Crippen LogP) is 1.45. The van der Waals surface area contributed by atoms with Crippen LogP contribution in [-0.2, 0) is 4.79 Å². The van der Waals surface area contributed by atoms with Crippen molar-refractivity contribution in [2.75, 3.05) is 51.8 Å². The Balaban J connectivity index is 1.76. The molecule has 1 aromatic rings. The second kappa shape index (κ2) is 8.18.